The fraction of sp³-hybridized carbons (Fsp3) is 0.600. The van der Waals surface area contributed by atoms with E-state index in [0.29, 0.717) is 5.92 Å². The lowest BCUT2D eigenvalue weighted by atomic mass is 10.1. The van der Waals surface area contributed by atoms with Crippen molar-refractivity contribution in [1.29, 1.82) is 0 Å². The third kappa shape index (κ3) is 5.61. The molecule has 0 heterocycles. The van der Waals surface area contributed by atoms with Gasteiger partial charge in [0.25, 0.3) is 0 Å². The van der Waals surface area contributed by atoms with Crippen LogP contribution in [0.2, 0.25) is 0 Å². The van der Waals surface area contributed by atoms with Crippen molar-refractivity contribution in [1.82, 2.24) is 0 Å². The van der Waals surface area contributed by atoms with Gasteiger partial charge in [0.2, 0.25) is 0 Å². The summed E-state index contributed by atoms with van der Waals surface area (Å²) in [5.41, 5.74) is 0. The molecule has 0 N–H and O–H groups in total. The van der Waals surface area contributed by atoms with Crippen LogP contribution in [-0.2, 0) is 0 Å². The van der Waals surface area contributed by atoms with Crippen LogP contribution in [0.5, 0.6) is 0 Å². The standard InChI is InChI=1S/C10H18/c1-4-6-7-9-10(3)8-5-2/h5,7-10H,4,6H2,1-3H3/b8-5-,9-7+. The molecule has 0 saturated carbocycles. The van der Waals surface area contributed by atoms with Gasteiger partial charge in [-0.1, -0.05) is 44.6 Å². The number of hydrogen-bond donors (Lipinski definition) is 0. The van der Waals surface area contributed by atoms with Gasteiger partial charge in [-0.15, -0.1) is 0 Å². The molecule has 10 heavy (non-hydrogen) atoms. The molecule has 0 radical (unpaired) electrons. The molecular formula is C10H18. The maximum atomic E-state index is 2.25. The van der Waals surface area contributed by atoms with Crippen LogP contribution in [0.25, 0.3) is 0 Å². The fourth-order valence-corrected chi connectivity index (χ4v) is 0.845. The van der Waals surface area contributed by atoms with Crippen LogP contribution in [0.1, 0.15) is 33.6 Å². The third-order valence-electron chi connectivity index (χ3n) is 1.39. The Hall–Kier alpha value is -0.520. The van der Waals surface area contributed by atoms with Crippen molar-refractivity contribution in [2.75, 3.05) is 0 Å². The quantitative estimate of drug-likeness (QED) is 0.521. The Kier molecular flexibility index (Phi) is 6.25. The van der Waals surface area contributed by atoms with E-state index in [1.165, 1.54) is 12.8 Å². The van der Waals surface area contributed by atoms with Crippen molar-refractivity contribution in [3.63, 3.8) is 0 Å². The minimum absolute atomic E-state index is 0.608. The van der Waals surface area contributed by atoms with E-state index >= 15 is 0 Å². The maximum absolute atomic E-state index is 2.25. The average Bonchev–Trinajstić information content (AvgIpc) is 1.89. The number of hydrogen-bond acceptors (Lipinski definition) is 0. The molecular weight excluding hydrogens is 120 g/mol. The van der Waals surface area contributed by atoms with Gasteiger partial charge in [-0.25, -0.2) is 0 Å². The van der Waals surface area contributed by atoms with E-state index in [4.69, 9.17) is 0 Å². The van der Waals surface area contributed by atoms with Crippen molar-refractivity contribution in [3.8, 4) is 0 Å². The molecule has 0 nitrogen and oxygen atoms in total. The summed E-state index contributed by atoms with van der Waals surface area (Å²) in [6.45, 7) is 6.46. The highest BCUT2D eigenvalue weighted by Crippen LogP contribution is 2.00. The van der Waals surface area contributed by atoms with Gasteiger partial charge in [-0.2, -0.15) is 0 Å². The molecule has 0 aromatic heterocycles. The highest BCUT2D eigenvalue weighted by molar-refractivity contribution is 4.97. The first-order chi connectivity index (χ1) is 4.81. The van der Waals surface area contributed by atoms with Crippen molar-refractivity contribution in [2.24, 2.45) is 5.92 Å². The first-order valence-electron chi connectivity index (χ1n) is 4.10. The first kappa shape index (κ1) is 9.48. The zero-order chi connectivity index (χ0) is 7.82. The minimum Gasteiger partial charge on any atom is -0.0911 e. The predicted molar refractivity (Wildman–Crippen MR) is 48.0 cm³/mol. The molecule has 0 spiro atoms. The van der Waals surface area contributed by atoms with Gasteiger partial charge >= 0.3 is 0 Å². The first-order valence-corrected chi connectivity index (χ1v) is 4.10. The van der Waals surface area contributed by atoms with E-state index in [2.05, 4.69) is 45.1 Å². The molecule has 0 rings (SSSR count). The summed E-state index contributed by atoms with van der Waals surface area (Å²) in [5.74, 6) is 0.608. The summed E-state index contributed by atoms with van der Waals surface area (Å²) >= 11 is 0. The van der Waals surface area contributed by atoms with Gasteiger partial charge < -0.3 is 0 Å². The van der Waals surface area contributed by atoms with Crippen molar-refractivity contribution < 1.29 is 0 Å². The number of rotatable bonds is 4. The van der Waals surface area contributed by atoms with Crippen LogP contribution >= 0.6 is 0 Å². The van der Waals surface area contributed by atoms with Crippen LogP contribution in [0.15, 0.2) is 24.3 Å². The summed E-state index contributed by atoms with van der Waals surface area (Å²) in [4.78, 5) is 0. The molecule has 58 valence electrons. The summed E-state index contributed by atoms with van der Waals surface area (Å²) in [5, 5.41) is 0. The molecule has 0 aromatic rings. The number of allylic oxidation sites excluding steroid dienone is 4. The molecule has 0 bridgehead atoms. The van der Waals surface area contributed by atoms with Gasteiger partial charge in [0, 0.05) is 0 Å². The zero-order valence-electron chi connectivity index (χ0n) is 7.30. The SMILES string of the molecule is C/C=C\C(C)/C=C/CCC. The van der Waals surface area contributed by atoms with Gasteiger partial charge in [0.15, 0.2) is 0 Å². The van der Waals surface area contributed by atoms with E-state index < -0.39 is 0 Å². The molecule has 0 saturated heterocycles. The smallest absolute Gasteiger partial charge is 0.00820 e. The van der Waals surface area contributed by atoms with Crippen molar-refractivity contribution in [2.45, 2.75) is 33.6 Å². The predicted octanol–water partition coefficient (Wildman–Crippen LogP) is 3.55. The number of unbranched alkanes of at least 4 members (excludes halogenated alkanes) is 1. The lowest BCUT2D eigenvalue weighted by molar-refractivity contribution is 0.901. The van der Waals surface area contributed by atoms with Gasteiger partial charge in [-0.05, 0) is 19.3 Å². The third-order valence-corrected chi connectivity index (χ3v) is 1.39. The molecule has 0 amide bonds. The maximum Gasteiger partial charge on any atom is -0.00820 e. The monoisotopic (exact) mass is 138 g/mol. The fourth-order valence-electron chi connectivity index (χ4n) is 0.845. The zero-order valence-corrected chi connectivity index (χ0v) is 7.30. The van der Waals surface area contributed by atoms with Gasteiger partial charge in [0.1, 0.15) is 0 Å². The Morgan fingerprint density at radius 3 is 2.50 bits per heavy atom. The molecule has 0 aliphatic rings. The van der Waals surface area contributed by atoms with Crippen molar-refractivity contribution in [3.05, 3.63) is 24.3 Å². The highest BCUT2D eigenvalue weighted by Gasteiger charge is 1.85. The van der Waals surface area contributed by atoms with Gasteiger partial charge in [0.05, 0.1) is 0 Å². The Balaban J connectivity index is 3.45. The van der Waals surface area contributed by atoms with E-state index in [1.54, 1.807) is 0 Å². The second kappa shape index (κ2) is 6.60. The molecule has 0 aromatic carbocycles. The molecule has 1 atom stereocenters. The Labute approximate surface area is 64.6 Å². The Morgan fingerprint density at radius 2 is 2.00 bits per heavy atom. The minimum atomic E-state index is 0.608. The second-order valence-electron chi connectivity index (χ2n) is 2.60. The molecule has 0 aliphatic heterocycles. The lowest BCUT2D eigenvalue weighted by Gasteiger charge is -1.94. The van der Waals surface area contributed by atoms with Crippen LogP contribution < -0.4 is 0 Å². The average molecular weight is 138 g/mol. The van der Waals surface area contributed by atoms with E-state index in [1.807, 2.05) is 0 Å². The van der Waals surface area contributed by atoms with E-state index in [9.17, 15) is 0 Å². The van der Waals surface area contributed by atoms with Crippen LogP contribution in [0.4, 0.5) is 0 Å². The second-order valence-corrected chi connectivity index (χ2v) is 2.60. The topological polar surface area (TPSA) is 0 Å². The summed E-state index contributed by atoms with van der Waals surface area (Å²) in [6, 6.07) is 0. The Morgan fingerprint density at radius 1 is 1.30 bits per heavy atom. The van der Waals surface area contributed by atoms with Crippen LogP contribution in [-0.4, -0.2) is 0 Å². The summed E-state index contributed by atoms with van der Waals surface area (Å²) in [6.07, 6.45) is 11.3. The molecule has 0 fully saturated rings. The molecule has 0 heteroatoms. The molecule has 0 aliphatic carbocycles. The largest absolute Gasteiger partial charge is 0.0911 e. The van der Waals surface area contributed by atoms with E-state index in [-0.39, 0.29) is 0 Å². The highest BCUT2D eigenvalue weighted by atomic mass is 13.9. The lowest BCUT2D eigenvalue weighted by Crippen LogP contribution is -1.80. The molecule has 1 unspecified atom stereocenters. The Bertz CT molecular complexity index is 109. The van der Waals surface area contributed by atoms with Crippen LogP contribution in [0, 0.1) is 5.92 Å². The van der Waals surface area contributed by atoms with Gasteiger partial charge in [-0.3, -0.25) is 0 Å². The summed E-state index contributed by atoms with van der Waals surface area (Å²) < 4.78 is 0. The van der Waals surface area contributed by atoms with E-state index in [0.717, 1.165) is 0 Å². The normalized spacial score (nSPS) is 15.1. The van der Waals surface area contributed by atoms with Crippen LogP contribution in [0.3, 0.4) is 0 Å². The van der Waals surface area contributed by atoms with Crippen molar-refractivity contribution >= 4 is 0 Å². The summed E-state index contributed by atoms with van der Waals surface area (Å²) in [7, 11) is 0.